The van der Waals surface area contributed by atoms with E-state index in [-0.39, 0.29) is 0 Å². The van der Waals surface area contributed by atoms with Crippen LogP contribution in [0.1, 0.15) is 31.4 Å². The van der Waals surface area contributed by atoms with Crippen molar-refractivity contribution in [1.82, 2.24) is 10.2 Å². The van der Waals surface area contributed by atoms with Gasteiger partial charge in [-0.2, -0.15) is 5.26 Å². The number of nitriles is 1. The van der Waals surface area contributed by atoms with Gasteiger partial charge in [0.15, 0.2) is 11.3 Å². The molecule has 2 aromatic carbocycles. The molecular weight excluding hydrogens is 503 g/mol. The summed E-state index contributed by atoms with van der Waals surface area (Å²) in [6.45, 7) is 5.70. The largest absolute Gasteiger partial charge is 0.492 e. The summed E-state index contributed by atoms with van der Waals surface area (Å²) < 4.78 is 5.95. The lowest BCUT2D eigenvalue weighted by Gasteiger charge is -2.33. The van der Waals surface area contributed by atoms with E-state index >= 15 is 0 Å². The standard InChI is InChI=1S/C26H26Cl2N4O2S/c1-26(2)24(33)32(20-6-4-19(16-29)21(27)15-20)25(35)31(26)12-3-13-34-23-7-5-18(14-22(23)28)17-8-10-30-11-9-17/h4-10,14-15,24,30,33H,3,11-13H2,1-2H3. The molecule has 1 atom stereocenters. The van der Waals surface area contributed by atoms with Crippen molar-refractivity contribution in [2.75, 3.05) is 24.6 Å². The summed E-state index contributed by atoms with van der Waals surface area (Å²) in [7, 11) is 0. The molecule has 9 heteroatoms. The minimum atomic E-state index is -0.875. The van der Waals surface area contributed by atoms with Crippen molar-refractivity contribution >= 4 is 51.8 Å². The number of dihydropyridines is 1. The Kier molecular flexibility index (Phi) is 7.58. The predicted molar refractivity (Wildman–Crippen MR) is 145 cm³/mol. The van der Waals surface area contributed by atoms with E-state index in [9.17, 15) is 5.11 Å². The van der Waals surface area contributed by atoms with Crippen molar-refractivity contribution in [3.05, 3.63) is 75.9 Å². The Morgan fingerprint density at radius 2 is 2.03 bits per heavy atom. The first-order chi connectivity index (χ1) is 16.7. The van der Waals surface area contributed by atoms with E-state index in [2.05, 4.69) is 11.4 Å². The minimum absolute atomic E-state index is 0.319. The smallest absolute Gasteiger partial charge is 0.178 e. The van der Waals surface area contributed by atoms with Gasteiger partial charge in [-0.05, 0) is 86.2 Å². The molecular formula is C26H26Cl2N4O2S. The topological polar surface area (TPSA) is 71.8 Å². The number of halogens is 2. The number of nitrogens with zero attached hydrogens (tertiary/aromatic N) is 3. The Morgan fingerprint density at radius 3 is 2.69 bits per heavy atom. The second-order valence-corrected chi connectivity index (χ2v) is 10.0. The van der Waals surface area contributed by atoms with Crippen molar-refractivity contribution in [1.29, 1.82) is 5.26 Å². The Morgan fingerprint density at radius 1 is 1.23 bits per heavy atom. The molecule has 2 aromatic rings. The van der Waals surface area contributed by atoms with Gasteiger partial charge in [-0.25, -0.2) is 0 Å². The summed E-state index contributed by atoms with van der Waals surface area (Å²) >= 11 is 18.4. The maximum absolute atomic E-state index is 11.1. The van der Waals surface area contributed by atoms with Crippen LogP contribution in [0.15, 0.2) is 54.8 Å². The number of benzene rings is 2. The predicted octanol–water partition coefficient (Wildman–Crippen LogP) is 5.34. The third kappa shape index (κ3) is 5.12. The first-order valence-electron chi connectivity index (χ1n) is 11.3. The average Bonchev–Trinajstić information content (AvgIpc) is 3.01. The van der Waals surface area contributed by atoms with Gasteiger partial charge in [0.05, 0.1) is 27.8 Å². The Bertz CT molecular complexity index is 1240. The molecule has 1 fully saturated rings. The van der Waals surface area contributed by atoms with Crippen molar-refractivity contribution in [3.63, 3.8) is 0 Å². The first kappa shape index (κ1) is 25.3. The van der Waals surface area contributed by atoms with E-state index in [1.165, 1.54) is 0 Å². The second-order valence-electron chi connectivity index (χ2n) is 8.86. The van der Waals surface area contributed by atoms with Crippen molar-refractivity contribution in [2.24, 2.45) is 0 Å². The second kappa shape index (κ2) is 10.5. The average molecular weight is 529 g/mol. The first-order valence-corrected chi connectivity index (χ1v) is 12.4. The number of thiocarbonyl (C=S) groups is 1. The number of allylic oxidation sites excluding steroid dienone is 2. The maximum atomic E-state index is 11.1. The monoisotopic (exact) mass is 528 g/mol. The van der Waals surface area contributed by atoms with Crippen LogP contribution in [-0.4, -0.2) is 46.6 Å². The lowest BCUT2D eigenvalue weighted by Crippen LogP contribution is -2.47. The molecule has 2 aliphatic heterocycles. The molecule has 0 aromatic heterocycles. The molecule has 0 amide bonds. The van der Waals surface area contributed by atoms with Crippen LogP contribution in [0.25, 0.3) is 5.57 Å². The molecule has 1 unspecified atom stereocenters. The quantitative estimate of drug-likeness (QED) is 0.371. The van der Waals surface area contributed by atoms with Gasteiger partial charge in [0.1, 0.15) is 11.8 Å². The van der Waals surface area contributed by atoms with Crippen LogP contribution < -0.4 is 15.0 Å². The van der Waals surface area contributed by atoms with Crippen LogP contribution in [0.3, 0.4) is 0 Å². The number of anilines is 1. The maximum Gasteiger partial charge on any atom is 0.178 e. The summed E-state index contributed by atoms with van der Waals surface area (Å²) in [5, 5.41) is 24.7. The molecule has 0 spiro atoms. The van der Waals surface area contributed by atoms with Crippen LogP contribution >= 0.6 is 35.4 Å². The zero-order valence-corrected chi connectivity index (χ0v) is 21.8. The van der Waals surface area contributed by atoms with E-state index < -0.39 is 11.8 Å². The number of hydrogen-bond acceptors (Lipinski definition) is 5. The fraction of sp³-hybridized carbons (Fsp3) is 0.308. The Balaban J connectivity index is 1.38. The fourth-order valence-electron chi connectivity index (χ4n) is 4.19. The number of rotatable bonds is 7. The molecule has 2 N–H and O–H groups in total. The molecule has 0 aliphatic carbocycles. The number of aliphatic hydroxyl groups excluding tert-OH is 1. The molecule has 6 nitrogen and oxygen atoms in total. The van der Waals surface area contributed by atoms with Crippen LogP contribution in [0.5, 0.6) is 5.75 Å². The van der Waals surface area contributed by atoms with Gasteiger partial charge in [0, 0.05) is 18.8 Å². The number of nitrogens with one attached hydrogen (secondary N) is 1. The summed E-state index contributed by atoms with van der Waals surface area (Å²) in [5.41, 5.74) is 2.55. The molecule has 35 heavy (non-hydrogen) atoms. The molecule has 0 saturated carbocycles. The SMILES string of the molecule is CC1(C)C(O)N(c2ccc(C#N)c(Cl)c2)C(=S)N1CCCOc1ccc(C2=CCNC=C2)cc1Cl. The lowest BCUT2D eigenvalue weighted by molar-refractivity contribution is 0.0631. The van der Waals surface area contributed by atoms with Crippen LogP contribution in [0, 0.1) is 11.3 Å². The third-order valence-corrected chi connectivity index (χ3v) is 7.25. The number of hydrogen-bond donors (Lipinski definition) is 2. The minimum Gasteiger partial charge on any atom is -0.492 e. The third-order valence-electron chi connectivity index (χ3n) is 6.23. The molecule has 2 heterocycles. The Hall–Kier alpha value is -2.76. The zero-order chi connectivity index (χ0) is 25.2. The van der Waals surface area contributed by atoms with E-state index in [4.69, 9.17) is 45.4 Å². The highest BCUT2D eigenvalue weighted by Crippen LogP contribution is 2.37. The van der Waals surface area contributed by atoms with E-state index in [1.54, 1.807) is 23.1 Å². The molecule has 182 valence electrons. The molecule has 0 radical (unpaired) electrons. The normalized spacial score (nSPS) is 18.8. The van der Waals surface area contributed by atoms with Crippen LogP contribution in [0.4, 0.5) is 5.69 Å². The van der Waals surface area contributed by atoms with Gasteiger partial charge in [-0.3, -0.25) is 4.90 Å². The zero-order valence-electron chi connectivity index (χ0n) is 19.5. The summed E-state index contributed by atoms with van der Waals surface area (Å²) in [6.07, 6.45) is 5.85. The molecule has 1 saturated heterocycles. The van der Waals surface area contributed by atoms with Crippen LogP contribution in [0.2, 0.25) is 10.0 Å². The van der Waals surface area contributed by atoms with Crippen molar-refractivity contribution < 1.29 is 9.84 Å². The molecule has 2 aliphatic rings. The number of ether oxygens (including phenoxy) is 1. The van der Waals surface area contributed by atoms with E-state index in [1.807, 2.05) is 55.3 Å². The molecule has 4 rings (SSSR count). The summed E-state index contributed by atoms with van der Waals surface area (Å²) in [6, 6.07) is 12.9. The van der Waals surface area contributed by atoms with Gasteiger partial charge < -0.3 is 20.1 Å². The molecule has 0 bridgehead atoms. The summed E-state index contributed by atoms with van der Waals surface area (Å²) in [4.78, 5) is 3.66. The van der Waals surface area contributed by atoms with Gasteiger partial charge in [-0.15, -0.1) is 0 Å². The van der Waals surface area contributed by atoms with E-state index in [0.717, 1.165) is 17.7 Å². The van der Waals surface area contributed by atoms with Gasteiger partial charge in [-0.1, -0.05) is 35.3 Å². The van der Waals surface area contributed by atoms with Gasteiger partial charge >= 0.3 is 0 Å². The summed E-state index contributed by atoms with van der Waals surface area (Å²) in [5.74, 6) is 0.631. The lowest BCUT2D eigenvalue weighted by atomic mass is 10.0. The van der Waals surface area contributed by atoms with Gasteiger partial charge in [0.25, 0.3) is 0 Å². The highest BCUT2D eigenvalue weighted by molar-refractivity contribution is 7.80. The van der Waals surface area contributed by atoms with Crippen molar-refractivity contribution in [3.8, 4) is 11.8 Å². The van der Waals surface area contributed by atoms with Crippen molar-refractivity contribution in [2.45, 2.75) is 32.0 Å². The van der Waals surface area contributed by atoms with Crippen LogP contribution in [-0.2, 0) is 0 Å². The Labute approximate surface area is 221 Å². The fourth-order valence-corrected chi connectivity index (χ4v) is 5.17. The van der Waals surface area contributed by atoms with E-state index in [0.29, 0.717) is 51.7 Å². The highest BCUT2D eigenvalue weighted by atomic mass is 35.5. The van der Waals surface area contributed by atoms with Gasteiger partial charge in [0.2, 0.25) is 0 Å². The highest BCUT2D eigenvalue weighted by Gasteiger charge is 2.48. The number of aliphatic hydroxyl groups is 1.